The Morgan fingerprint density at radius 1 is 1.00 bits per heavy atom. The van der Waals surface area contributed by atoms with E-state index in [1.54, 1.807) is 25.1 Å². The molecule has 0 unspecified atom stereocenters. The maximum absolute atomic E-state index is 12.9. The van der Waals surface area contributed by atoms with E-state index in [2.05, 4.69) is 5.32 Å². The molecule has 0 spiro atoms. The summed E-state index contributed by atoms with van der Waals surface area (Å²) >= 11 is 0. The molecule has 0 atom stereocenters. The van der Waals surface area contributed by atoms with Crippen molar-refractivity contribution in [3.8, 4) is 0 Å². The van der Waals surface area contributed by atoms with Gasteiger partial charge in [-0.3, -0.25) is 4.79 Å². The summed E-state index contributed by atoms with van der Waals surface area (Å²) in [5, 5.41) is 2.99. The first-order chi connectivity index (χ1) is 12.8. The summed E-state index contributed by atoms with van der Waals surface area (Å²) < 4.78 is 27.3. The minimum atomic E-state index is -3.51. The van der Waals surface area contributed by atoms with Crippen molar-refractivity contribution >= 4 is 21.6 Å². The van der Waals surface area contributed by atoms with Crippen molar-refractivity contribution in [1.29, 1.82) is 0 Å². The molecule has 6 heteroatoms. The highest BCUT2D eigenvalue weighted by Crippen LogP contribution is 2.27. The SMILES string of the molecule is Cc1ccc(NC(=O)C2CCN(S(=O)(=O)c3ccccc3C)CC2)c(C)c1. The van der Waals surface area contributed by atoms with Gasteiger partial charge >= 0.3 is 0 Å². The minimum absolute atomic E-state index is 0.0325. The summed E-state index contributed by atoms with van der Waals surface area (Å²) in [5.74, 6) is -0.205. The Hall–Kier alpha value is -2.18. The van der Waals surface area contributed by atoms with Crippen LogP contribution in [0.2, 0.25) is 0 Å². The summed E-state index contributed by atoms with van der Waals surface area (Å²) in [6, 6.07) is 12.9. The smallest absolute Gasteiger partial charge is 0.243 e. The number of anilines is 1. The highest BCUT2D eigenvalue weighted by Gasteiger charge is 2.32. The molecule has 0 bridgehead atoms. The number of sulfonamides is 1. The zero-order chi connectivity index (χ0) is 19.6. The van der Waals surface area contributed by atoms with Crippen LogP contribution in [0.1, 0.15) is 29.5 Å². The molecule has 1 saturated heterocycles. The van der Waals surface area contributed by atoms with Gasteiger partial charge in [0.05, 0.1) is 4.90 Å². The van der Waals surface area contributed by atoms with Gasteiger partial charge in [-0.05, 0) is 56.9 Å². The van der Waals surface area contributed by atoms with Crippen molar-refractivity contribution in [2.75, 3.05) is 18.4 Å². The number of carbonyl (C=O) groups is 1. The molecule has 5 nitrogen and oxygen atoms in total. The average Bonchev–Trinajstić information content (AvgIpc) is 2.64. The van der Waals surface area contributed by atoms with Gasteiger partial charge in [0.15, 0.2) is 0 Å². The molecule has 144 valence electrons. The van der Waals surface area contributed by atoms with Crippen molar-refractivity contribution < 1.29 is 13.2 Å². The number of amides is 1. The Bertz CT molecular complexity index is 946. The number of nitrogens with zero attached hydrogens (tertiary/aromatic N) is 1. The van der Waals surface area contributed by atoms with Crippen LogP contribution < -0.4 is 5.32 Å². The van der Waals surface area contributed by atoms with Gasteiger partial charge in [-0.25, -0.2) is 8.42 Å². The summed E-state index contributed by atoms with van der Waals surface area (Å²) in [6.45, 7) is 6.52. The summed E-state index contributed by atoms with van der Waals surface area (Å²) in [7, 11) is -3.51. The van der Waals surface area contributed by atoms with E-state index in [0.29, 0.717) is 30.8 Å². The lowest BCUT2D eigenvalue weighted by Crippen LogP contribution is -2.41. The third kappa shape index (κ3) is 4.22. The Kier molecular flexibility index (Phi) is 5.67. The highest BCUT2D eigenvalue weighted by atomic mass is 32.2. The number of hydrogen-bond donors (Lipinski definition) is 1. The molecule has 1 heterocycles. The van der Waals surface area contributed by atoms with Gasteiger partial charge in [-0.2, -0.15) is 4.31 Å². The predicted octanol–water partition coefficient (Wildman–Crippen LogP) is 3.65. The Balaban J connectivity index is 1.65. The number of rotatable bonds is 4. The highest BCUT2D eigenvalue weighted by molar-refractivity contribution is 7.89. The maximum Gasteiger partial charge on any atom is 0.243 e. The number of benzene rings is 2. The van der Waals surface area contributed by atoms with Crippen molar-refractivity contribution in [2.45, 2.75) is 38.5 Å². The van der Waals surface area contributed by atoms with Crippen molar-refractivity contribution in [3.63, 3.8) is 0 Å². The first kappa shape index (κ1) is 19.6. The van der Waals surface area contributed by atoms with E-state index in [1.807, 2.05) is 38.1 Å². The van der Waals surface area contributed by atoms with Gasteiger partial charge in [-0.15, -0.1) is 0 Å². The lowest BCUT2D eigenvalue weighted by Gasteiger charge is -2.31. The van der Waals surface area contributed by atoms with Crippen LogP contribution in [0, 0.1) is 26.7 Å². The van der Waals surface area contributed by atoms with Gasteiger partial charge in [0.2, 0.25) is 15.9 Å². The van der Waals surface area contributed by atoms with Crippen molar-refractivity contribution in [3.05, 3.63) is 59.2 Å². The number of piperidine rings is 1. The zero-order valence-corrected chi connectivity index (χ0v) is 16.8. The van der Waals surface area contributed by atoms with Gasteiger partial charge < -0.3 is 5.32 Å². The van der Waals surface area contributed by atoms with E-state index in [4.69, 9.17) is 0 Å². The fraction of sp³-hybridized carbons (Fsp3) is 0.381. The molecule has 0 radical (unpaired) electrons. The van der Waals surface area contributed by atoms with Crippen LogP contribution in [-0.4, -0.2) is 31.7 Å². The predicted molar refractivity (Wildman–Crippen MR) is 107 cm³/mol. The normalized spacial score (nSPS) is 16.3. The van der Waals surface area contributed by atoms with Crippen LogP contribution in [0.15, 0.2) is 47.4 Å². The number of carbonyl (C=O) groups excluding carboxylic acids is 1. The average molecular weight is 387 g/mol. The largest absolute Gasteiger partial charge is 0.326 e. The lowest BCUT2D eigenvalue weighted by atomic mass is 9.97. The van der Waals surface area contributed by atoms with E-state index in [9.17, 15) is 13.2 Å². The first-order valence-corrected chi connectivity index (χ1v) is 10.7. The molecule has 1 aliphatic rings. The second-order valence-corrected chi connectivity index (χ2v) is 9.16. The van der Waals surface area contributed by atoms with Crippen LogP contribution in [-0.2, 0) is 14.8 Å². The Morgan fingerprint density at radius 3 is 2.30 bits per heavy atom. The minimum Gasteiger partial charge on any atom is -0.326 e. The van der Waals surface area contributed by atoms with Gasteiger partial charge in [0.1, 0.15) is 0 Å². The van der Waals surface area contributed by atoms with E-state index in [-0.39, 0.29) is 11.8 Å². The van der Waals surface area contributed by atoms with E-state index in [1.165, 1.54) is 4.31 Å². The van der Waals surface area contributed by atoms with Gasteiger partial charge in [0.25, 0.3) is 0 Å². The molecule has 2 aromatic carbocycles. The topological polar surface area (TPSA) is 66.5 Å². The molecule has 1 N–H and O–H groups in total. The fourth-order valence-electron chi connectivity index (χ4n) is 3.53. The van der Waals surface area contributed by atoms with E-state index < -0.39 is 10.0 Å². The second kappa shape index (κ2) is 7.82. The molecule has 1 aliphatic heterocycles. The third-order valence-electron chi connectivity index (χ3n) is 5.18. The molecule has 0 aliphatic carbocycles. The molecule has 2 aromatic rings. The summed E-state index contributed by atoms with van der Waals surface area (Å²) in [4.78, 5) is 13.0. The van der Waals surface area contributed by atoms with Gasteiger partial charge in [-0.1, -0.05) is 35.9 Å². The molecule has 1 fully saturated rings. The van der Waals surface area contributed by atoms with Crippen molar-refractivity contribution in [2.24, 2.45) is 5.92 Å². The number of aryl methyl sites for hydroxylation is 3. The molecule has 0 saturated carbocycles. The zero-order valence-electron chi connectivity index (χ0n) is 16.0. The quantitative estimate of drug-likeness (QED) is 0.872. The van der Waals surface area contributed by atoms with Crippen LogP contribution in [0.4, 0.5) is 5.69 Å². The Labute approximate surface area is 161 Å². The first-order valence-electron chi connectivity index (χ1n) is 9.23. The van der Waals surface area contributed by atoms with Crippen LogP contribution in [0.3, 0.4) is 0 Å². The third-order valence-corrected chi connectivity index (χ3v) is 7.23. The summed E-state index contributed by atoms with van der Waals surface area (Å²) in [5.41, 5.74) is 3.75. The summed E-state index contributed by atoms with van der Waals surface area (Å²) in [6.07, 6.45) is 1.06. The second-order valence-electron chi connectivity index (χ2n) is 7.25. The van der Waals surface area contributed by atoms with Crippen molar-refractivity contribution in [1.82, 2.24) is 4.31 Å². The van der Waals surface area contributed by atoms with Crippen LogP contribution >= 0.6 is 0 Å². The molecule has 0 aromatic heterocycles. The Morgan fingerprint density at radius 2 is 1.67 bits per heavy atom. The van der Waals surface area contributed by atoms with Crippen LogP contribution in [0.25, 0.3) is 0 Å². The fourth-order valence-corrected chi connectivity index (χ4v) is 5.23. The molecular formula is C21H26N2O3S. The molecule has 3 rings (SSSR count). The van der Waals surface area contributed by atoms with Crippen LogP contribution in [0.5, 0.6) is 0 Å². The number of nitrogens with one attached hydrogen (secondary N) is 1. The standard InChI is InChI=1S/C21H26N2O3S/c1-15-8-9-19(17(3)14-15)22-21(24)18-10-12-23(13-11-18)27(25,26)20-7-5-4-6-16(20)2/h4-9,14,18H,10-13H2,1-3H3,(H,22,24). The maximum atomic E-state index is 12.9. The monoisotopic (exact) mass is 386 g/mol. The van der Waals surface area contributed by atoms with E-state index >= 15 is 0 Å². The lowest BCUT2D eigenvalue weighted by molar-refractivity contribution is -0.120. The van der Waals surface area contributed by atoms with Gasteiger partial charge in [0, 0.05) is 24.7 Å². The molecule has 27 heavy (non-hydrogen) atoms. The molecular weight excluding hydrogens is 360 g/mol. The number of hydrogen-bond acceptors (Lipinski definition) is 3. The molecule has 1 amide bonds. The van der Waals surface area contributed by atoms with E-state index in [0.717, 1.165) is 22.4 Å².